The van der Waals surface area contributed by atoms with Gasteiger partial charge in [0.2, 0.25) is 16.4 Å². The molecule has 13 nitrogen and oxygen atoms in total. The minimum Gasteiger partial charge on any atom is -0.479 e. The number of aliphatic hydroxyl groups is 1. The maximum Gasteiger partial charge on any atom is 0.380 e. The number of ether oxygens (including phenoxy) is 2. The second kappa shape index (κ2) is 12.7. The Morgan fingerprint density at radius 1 is 1.31 bits per heavy atom. The summed E-state index contributed by atoms with van der Waals surface area (Å²) in [6, 6.07) is 6.73. The minimum absolute atomic E-state index is 0.0286. The standard InChI is InChI=1S/C26H32BrFN5O8P/c1-14(16(3)35)12-42(37,41-18-8-6-5-7-17(18)10-9-15(2)34)39-11-19-21(36)26(27,28)24(40-19)33-13-30-20-22(33)31-25(29)32-23(20)38-4/h5-8,13-14,19,21,24,36H,9-12H2,1-4H3,(H2,29,31,32)/t14-,19-,21?,24-,26-,42?/m1/s1. The Hall–Kier alpha value is -2.97. The van der Waals surface area contributed by atoms with Gasteiger partial charge in [-0.2, -0.15) is 9.97 Å². The van der Waals surface area contributed by atoms with Crippen LogP contribution in [-0.4, -0.2) is 72.9 Å². The maximum absolute atomic E-state index is 15.9. The number of alkyl halides is 2. The van der Waals surface area contributed by atoms with Crippen molar-refractivity contribution in [2.24, 2.45) is 5.92 Å². The van der Waals surface area contributed by atoms with Gasteiger partial charge in [0.15, 0.2) is 17.4 Å². The van der Waals surface area contributed by atoms with Crippen LogP contribution < -0.4 is 15.0 Å². The van der Waals surface area contributed by atoms with Crippen molar-refractivity contribution in [2.75, 3.05) is 25.6 Å². The van der Waals surface area contributed by atoms with E-state index in [-0.39, 0.29) is 52.9 Å². The van der Waals surface area contributed by atoms with Crippen LogP contribution in [0.15, 0.2) is 30.6 Å². The number of hydrogen-bond acceptors (Lipinski definition) is 12. The van der Waals surface area contributed by atoms with Gasteiger partial charge in [-0.1, -0.05) is 25.1 Å². The molecular formula is C26H32BrFN5O8P. The van der Waals surface area contributed by atoms with Crippen LogP contribution in [0.1, 0.15) is 39.0 Å². The Morgan fingerprint density at radius 2 is 2.02 bits per heavy atom. The number of halogens is 2. The molecule has 1 aliphatic heterocycles. The van der Waals surface area contributed by atoms with Crippen molar-refractivity contribution < 1.29 is 42.2 Å². The zero-order valence-corrected chi connectivity index (χ0v) is 25.9. The van der Waals surface area contributed by atoms with E-state index in [4.69, 9.17) is 24.3 Å². The molecule has 4 rings (SSSR count). The Kier molecular flexibility index (Phi) is 9.68. The fourth-order valence-corrected chi connectivity index (χ4v) is 6.99. The van der Waals surface area contributed by atoms with Crippen LogP contribution in [0.25, 0.3) is 11.2 Å². The topological polar surface area (TPSA) is 178 Å². The van der Waals surface area contributed by atoms with Gasteiger partial charge in [0.25, 0.3) is 0 Å². The first-order valence-corrected chi connectivity index (χ1v) is 15.5. The number of methoxy groups -OCH3 is 1. The molecule has 16 heteroatoms. The number of carbonyl (C=O) groups is 2. The molecule has 2 unspecified atom stereocenters. The molecule has 42 heavy (non-hydrogen) atoms. The van der Waals surface area contributed by atoms with Gasteiger partial charge < -0.3 is 29.6 Å². The van der Waals surface area contributed by atoms with Gasteiger partial charge >= 0.3 is 7.60 Å². The average Bonchev–Trinajstić information content (AvgIpc) is 3.43. The van der Waals surface area contributed by atoms with E-state index >= 15 is 4.39 Å². The van der Waals surface area contributed by atoms with Crippen molar-refractivity contribution in [2.45, 2.75) is 56.6 Å². The molecule has 1 saturated heterocycles. The molecule has 2 aromatic heterocycles. The summed E-state index contributed by atoms with van der Waals surface area (Å²) in [5, 5.41) is 10.9. The summed E-state index contributed by atoms with van der Waals surface area (Å²) in [4.78, 5) is 35.8. The van der Waals surface area contributed by atoms with Crippen molar-refractivity contribution in [3.8, 4) is 11.6 Å². The summed E-state index contributed by atoms with van der Waals surface area (Å²) < 4.78 is 51.3. The molecule has 0 amide bonds. The number of aryl methyl sites for hydroxylation is 1. The van der Waals surface area contributed by atoms with Gasteiger partial charge in [-0.15, -0.1) is 0 Å². The minimum atomic E-state index is -4.09. The summed E-state index contributed by atoms with van der Waals surface area (Å²) >= 11 is 2.92. The number of para-hydroxylation sites is 1. The van der Waals surface area contributed by atoms with E-state index in [0.717, 1.165) is 0 Å². The number of fused-ring (bicyclic) bond motifs is 1. The van der Waals surface area contributed by atoms with Crippen LogP contribution in [0, 0.1) is 5.92 Å². The molecule has 3 heterocycles. The SMILES string of the molecule is COc1nc(N)nc2c1ncn2[C@@H]1O[C@H](COP(=O)(C[C@@H](C)C(C)=O)Oc2ccccc2CCC(C)=O)C(O)[C@]1(F)Br. The Balaban J connectivity index is 1.59. The first-order valence-electron chi connectivity index (χ1n) is 13.0. The van der Waals surface area contributed by atoms with Crippen molar-refractivity contribution in [1.29, 1.82) is 0 Å². The quantitative estimate of drug-likeness (QED) is 0.199. The fourth-order valence-electron chi connectivity index (χ4n) is 4.35. The largest absolute Gasteiger partial charge is 0.479 e. The molecule has 0 spiro atoms. The Morgan fingerprint density at radius 3 is 2.69 bits per heavy atom. The van der Waals surface area contributed by atoms with Crippen molar-refractivity contribution in [1.82, 2.24) is 19.5 Å². The van der Waals surface area contributed by atoms with E-state index < -0.39 is 43.1 Å². The number of anilines is 1. The zero-order chi connectivity index (χ0) is 30.8. The molecule has 0 aliphatic carbocycles. The molecule has 3 N–H and O–H groups in total. The lowest BCUT2D eigenvalue weighted by Crippen LogP contribution is -2.38. The summed E-state index contributed by atoms with van der Waals surface area (Å²) in [5.41, 5.74) is 6.67. The molecule has 6 atom stereocenters. The molecule has 1 fully saturated rings. The van der Waals surface area contributed by atoms with Gasteiger partial charge in [0.1, 0.15) is 29.5 Å². The lowest BCUT2D eigenvalue weighted by molar-refractivity contribution is -0.120. The van der Waals surface area contributed by atoms with Crippen LogP contribution in [0.2, 0.25) is 0 Å². The summed E-state index contributed by atoms with van der Waals surface area (Å²) in [6.45, 7) is 3.84. The molecule has 0 bridgehead atoms. The smallest absolute Gasteiger partial charge is 0.380 e. The van der Waals surface area contributed by atoms with E-state index in [1.54, 1.807) is 31.2 Å². The van der Waals surface area contributed by atoms with E-state index in [0.29, 0.717) is 12.0 Å². The number of benzene rings is 1. The molecule has 1 aromatic carbocycles. The van der Waals surface area contributed by atoms with Crippen LogP contribution in [0.4, 0.5) is 10.3 Å². The molecule has 228 valence electrons. The maximum atomic E-state index is 15.9. The number of Topliss-reactive ketones (excluding diaryl/α,β-unsaturated/α-hetero) is 2. The average molecular weight is 672 g/mol. The number of imidazole rings is 1. The van der Waals surface area contributed by atoms with Crippen LogP contribution in [-0.2, 0) is 29.8 Å². The number of aromatic nitrogens is 4. The number of carbonyl (C=O) groups excluding carboxylic acids is 2. The Bertz CT molecular complexity index is 1520. The highest BCUT2D eigenvalue weighted by molar-refractivity contribution is 9.10. The first-order chi connectivity index (χ1) is 19.8. The van der Waals surface area contributed by atoms with Crippen LogP contribution in [0.5, 0.6) is 11.6 Å². The van der Waals surface area contributed by atoms with Crippen molar-refractivity contribution in [3.05, 3.63) is 36.2 Å². The molecule has 0 saturated carbocycles. The summed E-state index contributed by atoms with van der Waals surface area (Å²) in [5.74, 6) is -0.832. The number of aliphatic hydroxyl groups excluding tert-OH is 1. The lowest BCUT2D eigenvalue weighted by Gasteiger charge is -2.25. The van der Waals surface area contributed by atoms with Gasteiger partial charge in [0.05, 0.1) is 26.2 Å². The van der Waals surface area contributed by atoms with Gasteiger partial charge in [-0.25, -0.2) is 13.9 Å². The summed E-state index contributed by atoms with van der Waals surface area (Å²) in [6.07, 6.45) is -3.11. The molecule has 0 radical (unpaired) electrons. The van der Waals surface area contributed by atoms with Crippen LogP contribution in [0.3, 0.4) is 0 Å². The van der Waals surface area contributed by atoms with E-state index in [9.17, 15) is 19.3 Å². The first kappa shape index (κ1) is 32.0. The number of nitrogens with two attached hydrogens (primary N) is 1. The normalized spacial score (nSPS) is 24.3. The van der Waals surface area contributed by atoms with Crippen molar-refractivity contribution >= 4 is 52.2 Å². The van der Waals surface area contributed by atoms with E-state index in [1.807, 2.05) is 0 Å². The molecule has 1 aliphatic rings. The highest BCUT2D eigenvalue weighted by Crippen LogP contribution is 2.53. The number of hydrogen-bond donors (Lipinski definition) is 2. The number of rotatable bonds is 13. The monoisotopic (exact) mass is 671 g/mol. The predicted octanol–water partition coefficient (Wildman–Crippen LogP) is 3.77. The van der Waals surface area contributed by atoms with Crippen LogP contribution >= 0.6 is 23.5 Å². The second-order valence-electron chi connectivity index (χ2n) is 10.1. The number of nitrogen functional groups attached to an aromatic ring is 1. The summed E-state index contributed by atoms with van der Waals surface area (Å²) in [7, 11) is -2.73. The lowest BCUT2D eigenvalue weighted by atomic mass is 10.1. The van der Waals surface area contributed by atoms with E-state index in [2.05, 4.69) is 30.9 Å². The van der Waals surface area contributed by atoms with Crippen molar-refractivity contribution in [3.63, 3.8) is 0 Å². The Labute approximate surface area is 249 Å². The third kappa shape index (κ3) is 6.81. The number of nitrogens with zero attached hydrogens (tertiary/aromatic N) is 4. The predicted molar refractivity (Wildman–Crippen MR) is 153 cm³/mol. The third-order valence-electron chi connectivity index (χ3n) is 6.82. The second-order valence-corrected chi connectivity index (χ2v) is 13.3. The van der Waals surface area contributed by atoms with E-state index in [1.165, 1.54) is 31.9 Å². The molecular weight excluding hydrogens is 640 g/mol. The highest BCUT2D eigenvalue weighted by atomic mass is 79.9. The number of ketones is 2. The fraction of sp³-hybridized carbons (Fsp3) is 0.500. The molecule has 3 aromatic rings. The van der Waals surface area contributed by atoms with Gasteiger partial charge in [-0.3, -0.25) is 13.9 Å². The third-order valence-corrected chi connectivity index (χ3v) is 9.69. The van der Waals surface area contributed by atoms with Gasteiger partial charge in [0, 0.05) is 12.3 Å². The highest BCUT2D eigenvalue weighted by Gasteiger charge is 2.57. The zero-order valence-electron chi connectivity index (χ0n) is 23.4. The van der Waals surface area contributed by atoms with Gasteiger partial charge in [-0.05, 0) is 47.8 Å².